The molecule has 20 heavy (non-hydrogen) atoms. The molecule has 0 saturated carbocycles. The molecule has 5 heteroatoms. The molecule has 108 valence electrons. The van der Waals surface area contributed by atoms with Crippen molar-refractivity contribution in [3.8, 4) is 5.75 Å². The Bertz CT molecular complexity index is 467. The average Bonchev–Trinajstić information content (AvgIpc) is 2.47. The van der Waals surface area contributed by atoms with Crippen molar-refractivity contribution in [2.75, 3.05) is 13.7 Å². The Morgan fingerprint density at radius 2 is 2.00 bits per heavy atom. The molecule has 0 radical (unpaired) electrons. The highest BCUT2D eigenvalue weighted by atomic mass is 16.5. The predicted molar refractivity (Wildman–Crippen MR) is 75.7 cm³/mol. The molecule has 1 rings (SSSR count). The molecule has 1 aromatic carbocycles. The minimum absolute atomic E-state index is 0.269. The minimum atomic E-state index is -0.720. The third kappa shape index (κ3) is 4.42. The highest BCUT2D eigenvalue weighted by Gasteiger charge is 2.21. The molecule has 1 atom stereocenters. The van der Waals surface area contributed by atoms with Gasteiger partial charge in [0.15, 0.2) is 0 Å². The van der Waals surface area contributed by atoms with Gasteiger partial charge in [-0.3, -0.25) is 4.79 Å². The topological polar surface area (TPSA) is 64.6 Å². The number of hydrogen-bond acceptors (Lipinski definition) is 4. The molecule has 0 heterocycles. The number of esters is 1. The van der Waals surface area contributed by atoms with E-state index in [9.17, 15) is 9.59 Å². The number of carbonyl (C=O) groups is 2. The van der Waals surface area contributed by atoms with Crippen LogP contribution in [-0.2, 0) is 9.53 Å². The molecule has 1 unspecified atom stereocenters. The van der Waals surface area contributed by atoms with Gasteiger partial charge in [-0.25, -0.2) is 4.79 Å². The Morgan fingerprint density at radius 3 is 2.50 bits per heavy atom. The molecule has 0 aliphatic heterocycles. The summed E-state index contributed by atoms with van der Waals surface area (Å²) < 4.78 is 9.93. The van der Waals surface area contributed by atoms with E-state index in [0.717, 1.165) is 0 Å². The fraction of sp³-hybridized carbons (Fsp3) is 0.333. The Morgan fingerprint density at radius 1 is 1.35 bits per heavy atom. The number of benzene rings is 1. The molecule has 0 saturated heterocycles. The number of nitrogens with one attached hydrogen (secondary N) is 1. The van der Waals surface area contributed by atoms with E-state index >= 15 is 0 Å². The quantitative estimate of drug-likeness (QED) is 0.611. The number of methoxy groups -OCH3 is 1. The van der Waals surface area contributed by atoms with Gasteiger partial charge in [0.2, 0.25) is 0 Å². The number of rotatable bonds is 7. The zero-order chi connectivity index (χ0) is 15.0. The number of carbonyl (C=O) groups excluding carboxylic acids is 2. The lowest BCUT2D eigenvalue weighted by molar-refractivity contribution is -0.145. The maximum Gasteiger partial charge on any atom is 0.328 e. The monoisotopic (exact) mass is 277 g/mol. The first-order valence-corrected chi connectivity index (χ1v) is 6.34. The van der Waals surface area contributed by atoms with Gasteiger partial charge in [-0.1, -0.05) is 6.08 Å². The van der Waals surface area contributed by atoms with E-state index in [0.29, 0.717) is 17.7 Å². The largest absolute Gasteiger partial charge is 0.497 e. The van der Waals surface area contributed by atoms with Crippen LogP contribution < -0.4 is 10.1 Å². The lowest BCUT2D eigenvalue weighted by Crippen LogP contribution is -2.41. The fourth-order valence-corrected chi connectivity index (χ4v) is 1.61. The lowest BCUT2D eigenvalue weighted by atomic mass is 10.1. The van der Waals surface area contributed by atoms with E-state index < -0.39 is 12.0 Å². The molecule has 0 bridgehead atoms. The van der Waals surface area contributed by atoms with Crippen LogP contribution in [0.5, 0.6) is 5.75 Å². The number of ether oxygens (including phenoxy) is 2. The summed E-state index contributed by atoms with van der Waals surface area (Å²) in [5.74, 6) is -0.142. The van der Waals surface area contributed by atoms with E-state index in [1.165, 1.54) is 0 Å². The fourth-order valence-electron chi connectivity index (χ4n) is 1.61. The zero-order valence-electron chi connectivity index (χ0n) is 11.7. The normalized spacial score (nSPS) is 11.3. The summed E-state index contributed by atoms with van der Waals surface area (Å²) in [6.07, 6.45) is 1.89. The molecule has 0 spiro atoms. The average molecular weight is 277 g/mol. The smallest absolute Gasteiger partial charge is 0.328 e. The van der Waals surface area contributed by atoms with Gasteiger partial charge in [0.05, 0.1) is 13.7 Å². The van der Waals surface area contributed by atoms with Crippen LogP contribution in [0.2, 0.25) is 0 Å². The first kappa shape index (κ1) is 15.8. The van der Waals surface area contributed by atoms with E-state index in [-0.39, 0.29) is 12.5 Å². The van der Waals surface area contributed by atoms with Crippen molar-refractivity contribution in [1.29, 1.82) is 0 Å². The molecule has 0 aromatic heterocycles. The molecule has 0 aliphatic carbocycles. The van der Waals surface area contributed by atoms with Gasteiger partial charge in [-0.15, -0.1) is 6.58 Å². The maximum absolute atomic E-state index is 12.0. The van der Waals surface area contributed by atoms with Gasteiger partial charge in [0.1, 0.15) is 11.8 Å². The van der Waals surface area contributed by atoms with E-state index in [1.807, 2.05) is 0 Å². The first-order valence-electron chi connectivity index (χ1n) is 6.34. The van der Waals surface area contributed by atoms with Crippen molar-refractivity contribution in [3.05, 3.63) is 42.5 Å². The van der Waals surface area contributed by atoms with Crippen LogP contribution in [0.1, 0.15) is 23.7 Å². The Labute approximate surface area is 118 Å². The minimum Gasteiger partial charge on any atom is -0.497 e. The van der Waals surface area contributed by atoms with Crippen molar-refractivity contribution in [2.45, 2.75) is 19.4 Å². The van der Waals surface area contributed by atoms with Gasteiger partial charge < -0.3 is 14.8 Å². The molecule has 1 N–H and O–H groups in total. The molecule has 5 nitrogen and oxygen atoms in total. The van der Waals surface area contributed by atoms with E-state index in [1.54, 1.807) is 44.4 Å². The van der Waals surface area contributed by atoms with Crippen molar-refractivity contribution in [3.63, 3.8) is 0 Å². The highest BCUT2D eigenvalue weighted by Crippen LogP contribution is 2.11. The van der Waals surface area contributed by atoms with Crippen LogP contribution in [0.15, 0.2) is 36.9 Å². The van der Waals surface area contributed by atoms with Crippen LogP contribution >= 0.6 is 0 Å². The van der Waals surface area contributed by atoms with Crippen molar-refractivity contribution >= 4 is 11.9 Å². The summed E-state index contributed by atoms with van der Waals surface area (Å²) >= 11 is 0. The molecular formula is C15H19NO4. The van der Waals surface area contributed by atoms with Gasteiger partial charge in [0.25, 0.3) is 5.91 Å². The van der Waals surface area contributed by atoms with Crippen LogP contribution in [-0.4, -0.2) is 31.6 Å². The Hall–Kier alpha value is -2.30. The maximum atomic E-state index is 12.0. The first-order chi connectivity index (χ1) is 9.62. The van der Waals surface area contributed by atoms with Crippen LogP contribution in [0.25, 0.3) is 0 Å². The van der Waals surface area contributed by atoms with Gasteiger partial charge >= 0.3 is 5.97 Å². The van der Waals surface area contributed by atoms with Gasteiger partial charge in [-0.05, 0) is 37.6 Å². The summed E-state index contributed by atoms with van der Waals surface area (Å²) in [7, 11) is 1.55. The molecule has 1 aromatic rings. The second kappa shape index (κ2) is 7.99. The number of hydrogen-bond donors (Lipinski definition) is 1. The Kier molecular flexibility index (Phi) is 6.29. The third-order valence-corrected chi connectivity index (χ3v) is 2.63. The summed E-state index contributed by atoms with van der Waals surface area (Å²) in [6, 6.07) is 5.90. The predicted octanol–water partition coefficient (Wildman–Crippen LogP) is 1.93. The van der Waals surface area contributed by atoms with Crippen LogP contribution in [0, 0.1) is 0 Å². The third-order valence-electron chi connectivity index (χ3n) is 2.63. The summed E-state index contributed by atoms with van der Waals surface area (Å²) in [5, 5.41) is 2.63. The molecular weight excluding hydrogens is 258 g/mol. The standard InChI is InChI=1S/C15H19NO4/c1-4-6-13(15(18)20-5-2)16-14(17)11-7-9-12(19-3)10-8-11/h4,7-10,13H,1,5-6H2,2-3H3,(H,16,17). The van der Waals surface area contributed by atoms with Gasteiger partial charge in [0, 0.05) is 5.56 Å². The van der Waals surface area contributed by atoms with Crippen molar-refractivity contribution < 1.29 is 19.1 Å². The SMILES string of the molecule is C=CCC(NC(=O)c1ccc(OC)cc1)C(=O)OCC. The summed E-state index contributed by atoms with van der Waals surface area (Å²) in [4.78, 5) is 23.7. The van der Waals surface area contributed by atoms with E-state index in [4.69, 9.17) is 9.47 Å². The van der Waals surface area contributed by atoms with Gasteiger partial charge in [-0.2, -0.15) is 0 Å². The van der Waals surface area contributed by atoms with Crippen molar-refractivity contribution in [1.82, 2.24) is 5.32 Å². The summed E-state index contributed by atoms with van der Waals surface area (Å²) in [6.45, 7) is 5.56. The van der Waals surface area contributed by atoms with E-state index in [2.05, 4.69) is 11.9 Å². The van der Waals surface area contributed by atoms with Crippen LogP contribution in [0.3, 0.4) is 0 Å². The molecule has 1 amide bonds. The second-order valence-electron chi connectivity index (χ2n) is 4.03. The zero-order valence-corrected chi connectivity index (χ0v) is 11.7. The Balaban J connectivity index is 2.73. The molecule has 0 aliphatic rings. The van der Waals surface area contributed by atoms with Crippen LogP contribution in [0.4, 0.5) is 0 Å². The molecule has 0 fully saturated rings. The highest BCUT2D eigenvalue weighted by molar-refractivity contribution is 5.96. The number of amides is 1. The summed E-state index contributed by atoms with van der Waals surface area (Å²) in [5.41, 5.74) is 0.448. The second-order valence-corrected chi connectivity index (χ2v) is 4.03. The lowest BCUT2D eigenvalue weighted by Gasteiger charge is -2.15. The van der Waals surface area contributed by atoms with Crippen molar-refractivity contribution in [2.24, 2.45) is 0 Å².